The normalized spacial score (nSPS) is 21.6. The fourth-order valence-electron chi connectivity index (χ4n) is 7.22. The fourth-order valence-corrected chi connectivity index (χ4v) is 7.22. The van der Waals surface area contributed by atoms with Gasteiger partial charge in [-0.05, 0) is 80.2 Å². The number of benzene rings is 1. The summed E-state index contributed by atoms with van der Waals surface area (Å²) in [5.41, 5.74) is 3.11. The first-order valence-electron chi connectivity index (χ1n) is 15.6. The first-order valence-corrected chi connectivity index (χ1v) is 15.6. The highest BCUT2D eigenvalue weighted by molar-refractivity contribution is 5.94. The number of nitrogens with zero attached hydrogens (tertiary/aromatic N) is 5. The molecule has 3 heterocycles. The molecule has 8 heteroatoms. The Kier molecular flexibility index (Phi) is 8.21. The third-order valence-electron chi connectivity index (χ3n) is 9.73. The second-order valence-electron chi connectivity index (χ2n) is 12.3. The Hall–Kier alpha value is -3.16. The summed E-state index contributed by atoms with van der Waals surface area (Å²) in [6.45, 7) is 3.82. The number of aryl methyl sites for hydroxylation is 1. The molecule has 1 atom stereocenters. The molecule has 1 unspecified atom stereocenters. The van der Waals surface area contributed by atoms with Crippen molar-refractivity contribution in [3.05, 3.63) is 47.2 Å². The average Bonchev–Trinajstić information content (AvgIpc) is 3.79. The molecule has 0 spiro atoms. The molecular weight excluding hydrogens is 500 g/mol. The highest BCUT2D eigenvalue weighted by Gasteiger charge is 2.30. The molecule has 2 aliphatic heterocycles. The predicted octanol–water partition coefficient (Wildman–Crippen LogP) is 4.89. The van der Waals surface area contributed by atoms with Gasteiger partial charge in [-0.15, -0.1) is 0 Å². The van der Waals surface area contributed by atoms with E-state index in [-0.39, 0.29) is 23.9 Å². The Morgan fingerprint density at radius 3 is 2.50 bits per heavy atom. The van der Waals surface area contributed by atoms with E-state index in [0.29, 0.717) is 6.42 Å². The van der Waals surface area contributed by atoms with Crippen LogP contribution in [0.5, 0.6) is 0 Å². The van der Waals surface area contributed by atoms with Crippen molar-refractivity contribution in [3.63, 3.8) is 0 Å². The topological polar surface area (TPSA) is 81.7 Å². The van der Waals surface area contributed by atoms with Gasteiger partial charge in [-0.2, -0.15) is 4.98 Å². The van der Waals surface area contributed by atoms with Gasteiger partial charge < -0.3 is 20.0 Å². The zero-order chi connectivity index (χ0) is 27.5. The number of nitrogens with one attached hydrogen (secondary N) is 1. The predicted molar refractivity (Wildman–Crippen MR) is 158 cm³/mol. The molecule has 2 aromatic rings. The lowest BCUT2D eigenvalue weighted by molar-refractivity contribution is -0.122. The molecule has 6 rings (SSSR count). The van der Waals surface area contributed by atoms with Crippen molar-refractivity contribution in [3.8, 4) is 0 Å². The van der Waals surface area contributed by atoms with E-state index in [0.717, 1.165) is 87.1 Å². The van der Waals surface area contributed by atoms with Crippen LogP contribution in [-0.4, -0.2) is 66.0 Å². The van der Waals surface area contributed by atoms with Gasteiger partial charge in [0.25, 0.3) is 5.91 Å². The zero-order valence-corrected chi connectivity index (χ0v) is 24.0. The van der Waals surface area contributed by atoms with Crippen LogP contribution in [0.25, 0.3) is 0 Å². The van der Waals surface area contributed by atoms with Crippen molar-refractivity contribution >= 4 is 23.6 Å². The smallest absolute Gasteiger partial charge is 0.253 e. The Labute approximate surface area is 238 Å². The summed E-state index contributed by atoms with van der Waals surface area (Å²) >= 11 is 0. The average molecular weight is 545 g/mol. The van der Waals surface area contributed by atoms with Crippen LogP contribution in [0, 0.1) is 5.92 Å². The number of hydrogen-bond donors (Lipinski definition) is 1. The summed E-state index contributed by atoms with van der Waals surface area (Å²) in [6.07, 6.45) is 14.8. The molecule has 8 nitrogen and oxygen atoms in total. The van der Waals surface area contributed by atoms with E-state index < -0.39 is 0 Å². The molecule has 1 saturated carbocycles. The number of carbonyl (C=O) groups excluding carboxylic acids is 2. The first-order chi connectivity index (χ1) is 19.5. The van der Waals surface area contributed by atoms with E-state index in [1.54, 1.807) is 0 Å². The molecule has 2 aliphatic carbocycles. The van der Waals surface area contributed by atoms with Crippen LogP contribution >= 0.6 is 0 Å². The van der Waals surface area contributed by atoms with E-state index in [9.17, 15) is 9.59 Å². The maximum Gasteiger partial charge on any atom is 0.253 e. The lowest BCUT2D eigenvalue weighted by Gasteiger charge is -2.37. The second-order valence-corrected chi connectivity index (χ2v) is 12.3. The Morgan fingerprint density at radius 2 is 1.73 bits per heavy atom. The molecule has 0 radical (unpaired) electrons. The third kappa shape index (κ3) is 5.96. The first kappa shape index (κ1) is 27.0. The van der Waals surface area contributed by atoms with Crippen LogP contribution in [0.1, 0.15) is 98.2 Å². The fraction of sp³-hybridized carbons (Fsp3) is 0.625. The van der Waals surface area contributed by atoms with Crippen molar-refractivity contribution in [2.24, 2.45) is 5.92 Å². The molecule has 4 aliphatic rings. The van der Waals surface area contributed by atoms with Crippen LogP contribution in [-0.2, 0) is 11.2 Å². The molecule has 40 heavy (non-hydrogen) atoms. The zero-order valence-electron chi connectivity index (χ0n) is 24.0. The molecular formula is C32H44N6O2. The van der Waals surface area contributed by atoms with Crippen LogP contribution in [0.4, 0.5) is 11.8 Å². The van der Waals surface area contributed by atoms with Crippen LogP contribution in [0.2, 0.25) is 0 Å². The number of amides is 2. The van der Waals surface area contributed by atoms with Crippen LogP contribution in [0.15, 0.2) is 30.5 Å². The minimum Gasteiger partial charge on any atom is -0.356 e. The minimum atomic E-state index is 0.0192. The van der Waals surface area contributed by atoms with Gasteiger partial charge in [0.05, 0.1) is 6.04 Å². The van der Waals surface area contributed by atoms with Crippen molar-refractivity contribution in [1.29, 1.82) is 0 Å². The number of anilines is 2. The number of fused-ring (bicyclic) bond motifs is 1. The summed E-state index contributed by atoms with van der Waals surface area (Å²) in [7, 11) is 1.94. The van der Waals surface area contributed by atoms with Gasteiger partial charge in [-0.3, -0.25) is 9.59 Å². The Bertz CT molecular complexity index is 1200. The van der Waals surface area contributed by atoms with Crippen molar-refractivity contribution in [1.82, 2.24) is 20.2 Å². The summed E-state index contributed by atoms with van der Waals surface area (Å²) in [4.78, 5) is 42.2. The Balaban J connectivity index is 1.04. The molecule has 2 saturated heterocycles. The van der Waals surface area contributed by atoms with Gasteiger partial charge in [0.15, 0.2) is 0 Å². The summed E-state index contributed by atoms with van der Waals surface area (Å²) in [6, 6.07) is 8.32. The number of piperidine rings is 1. The summed E-state index contributed by atoms with van der Waals surface area (Å²) < 4.78 is 0. The van der Waals surface area contributed by atoms with Crippen LogP contribution < -0.4 is 15.1 Å². The molecule has 2 amide bonds. The molecule has 1 aromatic heterocycles. The van der Waals surface area contributed by atoms with Gasteiger partial charge in [0.1, 0.15) is 5.82 Å². The number of hydrogen-bond acceptors (Lipinski definition) is 6. The molecule has 1 aromatic carbocycles. The second kappa shape index (κ2) is 12.1. The molecule has 3 fully saturated rings. The van der Waals surface area contributed by atoms with Gasteiger partial charge in [-0.1, -0.05) is 31.7 Å². The maximum absolute atomic E-state index is 13.6. The number of rotatable bonds is 8. The van der Waals surface area contributed by atoms with Gasteiger partial charge in [-0.25, -0.2) is 4.98 Å². The van der Waals surface area contributed by atoms with E-state index in [1.807, 2.05) is 36.3 Å². The number of carbonyl (C=O) groups is 2. The van der Waals surface area contributed by atoms with Gasteiger partial charge in [0.2, 0.25) is 11.9 Å². The summed E-state index contributed by atoms with van der Waals surface area (Å²) in [5, 5.41) is 3.28. The SMILES string of the molecule is CN(C(=O)c1ccc2c(c1)C(NC(=O)CCC1CCCC1)CC2)C1CCN(c2ccnc(N3CCCC3)n2)CC1. The molecule has 1 N–H and O–H groups in total. The van der Waals surface area contributed by atoms with Gasteiger partial charge >= 0.3 is 0 Å². The lowest BCUT2D eigenvalue weighted by atomic mass is 10.00. The Morgan fingerprint density at radius 1 is 0.950 bits per heavy atom. The van der Waals surface area contributed by atoms with Crippen molar-refractivity contribution in [2.45, 2.75) is 89.1 Å². The minimum absolute atomic E-state index is 0.0192. The standard InChI is InChI=1S/C32H44N6O2/c1-36(26-15-20-37(21-16-26)29-14-17-33-32(35-29)38-18-4-5-19-38)31(40)25-10-9-24-11-12-28(27(24)22-25)34-30(39)13-8-23-6-2-3-7-23/h9-10,14,17,22-23,26,28H,2-8,11-13,15-16,18-21H2,1H3,(H,34,39). The van der Waals surface area contributed by atoms with Crippen molar-refractivity contribution in [2.75, 3.05) is 43.0 Å². The van der Waals surface area contributed by atoms with E-state index >= 15 is 0 Å². The lowest BCUT2D eigenvalue weighted by Crippen LogP contribution is -2.46. The highest BCUT2D eigenvalue weighted by atomic mass is 16.2. The van der Waals surface area contributed by atoms with Gasteiger partial charge in [0, 0.05) is 57.4 Å². The van der Waals surface area contributed by atoms with E-state index in [2.05, 4.69) is 26.2 Å². The highest BCUT2D eigenvalue weighted by Crippen LogP contribution is 2.33. The molecule has 214 valence electrons. The van der Waals surface area contributed by atoms with Crippen LogP contribution in [0.3, 0.4) is 0 Å². The monoisotopic (exact) mass is 544 g/mol. The number of aromatic nitrogens is 2. The summed E-state index contributed by atoms with van der Waals surface area (Å²) in [5.74, 6) is 2.77. The van der Waals surface area contributed by atoms with Crippen molar-refractivity contribution < 1.29 is 9.59 Å². The molecule has 0 bridgehead atoms. The quantitative estimate of drug-likeness (QED) is 0.510. The third-order valence-corrected chi connectivity index (χ3v) is 9.73. The maximum atomic E-state index is 13.6. The largest absolute Gasteiger partial charge is 0.356 e. The van der Waals surface area contributed by atoms with E-state index in [1.165, 1.54) is 44.1 Å². The van der Waals surface area contributed by atoms with E-state index in [4.69, 9.17) is 4.98 Å².